The smallest absolute Gasteiger partial charge is 0.360 e. The van der Waals surface area contributed by atoms with Gasteiger partial charge in [-0.3, -0.25) is 9.38 Å². The number of carbonyl (C=O) groups is 1. The lowest BCUT2D eigenvalue weighted by Gasteiger charge is -2.07. The Balaban J connectivity index is 2.15. The number of imidazole rings is 1. The van der Waals surface area contributed by atoms with E-state index in [0.717, 1.165) is 11.3 Å². The number of carbonyl (C=O) groups excluding carboxylic acids is 1. The first-order chi connectivity index (χ1) is 11.1. The van der Waals surface area contributed by atoms with E-state index in [0.29, 0.717) is 17.1 Å². The lowest BCUT2D eigenvalue weighted by atomic mass is 10.2. The number of hydrogen-bond acceptors (Lipinski definition) is 6. The van der Waals surface area contributed by atoms with E-state index in [2.05, 4.69) is 15.0 Å². The zero-order valence-electron chi connectivity index (χ0n) is 13.1. The molecule has 0 saturated carbocycles. The molecule has 0 saturated heterocycles. The van der Waals surface area contributed by atoms with Gasteiger partial charge in [0, 0.05) is 17.5 Å². The third-order valence-electron chi connectivity index (χ3n) is 3.41. The summed E-state index contributed by atoms with van der Waals surface area (Å²) in [5.74, 6) is 0.156. The van der Waals surface area contributed by atoms with Gasteiger partial charge >= 0.3 is 5.97 Å². The lowest BCUT2D eigenvalue weighted by Crippen LogP contribution is -2.07. The predicted octanol–water partition coefficient (Wildman–Crippen LogP) is 2.29. The minimum Gasteiger partial charge on any atom is -0.495 e. The molecule has 0 aromatic carbocycles. The summed E-state index contributed by atoms with van der Waals surface area (Å²) in [6.07, 6.45) is 4.89. The molecule has 3 aromatic rings. The quantitative estimate of drug-likeness (QED) is 0.688. The minimum atomic E-state index is -0.484. The van der Waals surface area contributed by atoms with Gasteiger partial charge in [-0.05, 0) is 26.0 Å². The van der Waals surface area contributed by atoms with E-state index in [1.165, 1.54) is 0 Å². The molecule has 0 fully saturated rings. The van der Waals surface area contributed by atoms with Crippen molar-refractivity contribution in [1.82, 2.24) is 19.4 Å². The maximum atomic E-state index is 12.0. The van der Waals surface area contributed by atoms with E-state index in [-0.39, 0.29) is 12.3 Å². The summed E-state index contributed by atoms with van der Waals surface area (Å²) in [6.45, 7) is 3.96. The Kier molecular flexibility index (Phi) is 3.92. The average molecular weight is 312 g/mol. The van der Waals surface area contributed by atoms with E-state index in [1.807, 2.05) is 19.1 Å². The van der Waals surface area contributed by atoms with E-state index in [4.69, 9.17) is 9.47 Å². The third kappa shape index (κ3) is 2.73. The van der Waals surface area contributed by atoms with Gasteiger partial charge in [-0.2, -0.15) is 0 Å². The predicted molar refractivity (Wildman–Crippen MR) is 83.5 cm³/mol. The SMILES string of the molecule is CCOC(=O)c1ncn2c(C)cc(-c3cncc(OC)c3)nc12. The molecule has 0 radical (unpaired) electrons. The second-order valence-electron chi connectivity index (χ2n) is 4.90. The maximum absolute atomic E-state index is 12.0. The summed E-state index contributed by atoms with van der Waals surface area (Å²) in [7, 11) is 1.58. The summed E-state index contributed by atoms with van der Waals surface area (Å²) < 4.78 is 12.0. The second-order valence-corrected chi connectivity index (χ2v) is 4.90. The lowest BCUT2D eigenvalue weighted by molar-refractivity contribution is 0.0522. The summed E-state index contributed by atoms with van der Waals surface area (Å²) in [5.41, 5.74) is 3.04. The van der Waals surface area contributed by atoms with Crippen molar-refractivity contribution in [3.8, 4) is 17.0 Å². The van der Waals surface area contributed by atoms with E-state index >= 15 is 0 Å². The first kappa shape index (κ1) is 15.0. The Labute approximate surface area is 132 Å². The number of esters is 1. The second kappa shape index (κ2) is 6.04. The van der Waals surface area contributed by atoms with Crippen LogP contribution in [0.2, 0.25) is 0 Å². The maximum Gasteiger partial charge on any atom is 0.360 e. The molecule has 3 heterocycles. The van der Waals surface area contributed by atoms with Crippen LogP contribution in [0, 0.1) is 6.92 Å². The monoisotopic (exact) mass is 312 g/mol. The Bertz CT molecular complexity index is 873. The van der Waals surface area contributed by atoms with E-state index in [9.17, 15) is 4.79 Å². The molecule has 0 aliphatic heterocycles. The molecular weight excluding hydrogens is 296 g/mol. The van der Waals surface area contributed by atoms with Crippen molar-refractivity contribution in [2.45, 2.75) is 13.8 Å². The molecule has 0 bridgehead atoms. The fourth-order valence-electron chi connectivity index (χ4n) is 2.28. The Morgan fingerprint density at radius 2 is 2.13 bits per heavy atom. The normalized spacial score (nSPS) is 10.7. The Morgan fingerprint density at radius 3 is 2.87 bits per heavy atom. The summed E-state index contributed by atoms with van der Waals surface area (Å²) in [5, 5.41) is 0. The Hall–Kier alpha value is -2.96. The molecular formula is C16H16N4O3. The van der Waals surface area contributed by atoms with Crippen LogP contribution in [0.4, 0.5) is 0 Å². The molecule has 7 heteroatoms. The third-order valence-corrected chi connectivity index (χ3v) is 3.41. The fourth-order valence-corrected chi connectivity index (χ4v) is 2.28. The molecule has 0 aliphatic rings. The fraction of sp³-hybridized carbons (Fsp3) is 0.250. The number of nitrogens with zero attached hydrogens (tertiary/aromatic N) is 4. The largest absolute Gasteiger partial charge is 0.495 e. The number of fused-ring (bicyclic) bond motifs is 1. The van der Waals surface area contributed by atoms with Crippen molar-refractivity contribution in [1.29, 1.82) is 0 Å². The summed E-state index contributed by atoms with van der Waals surface area (Å²) in [6, 6.07) is 3.74. The van der Waals surface area contributed by atoms with Crippen LogP contribution in [-0.2, 0) is 4.74 Å². The highest BCUT2D eigenvalue weighted by Gasteiger charge is 2.18. The topological polar surface area (TPSA) is 78.6 Å². The molecule has 0 N–H and O–H groups in total. The van der Waals surface area contributed by atoms with Gasteiger partial charge in [0.1, 0.15) is 12.1 Å². The summed E-state index contributed by atoms with van der Waals surface area (Å²) in [4.78, 5) is 24.8. The van der Waals surface area contributed by atoms with Gasteiger partial charge < -0.3 is 9.47 Å². The van der Waals surface area contributed by atoms with Crippen molar-refractivity contribution in [3.05, 3.63) is 42.2 Å². The molecule has 0 unspecified atom stereocenters. The zero-order valence-corrected chi connectivity index (χ0v) is 13.1. The number of aryl methyl sites for hydroxylation is 1. The van der Waals surface area contributed by atoms with Gasteiger partial charge in [-0.25, -0.2) is 14.8 Å². The number of hydrogen-bond donors (Lipinski definition) is 0. The van der Waals surface area contributed by atoms with Crippen molar-refractivity contribution in [2.75, 3.05) is 13.7 Å². The van der Waals surface area contributed by atoms with Crippen LogP contribution in [0.25, 0.3) is 16.9 Å². The van der Waals surface area contributed by atoms with Crippen LogP contribution in [0.5, 0.6) is 5.75 Å². The molecule has 118 valence electrons. The van der Waals surface area contributed by atoms with Crippen molar-refractivity contribution < 1.29 is 14.3 Å². The van der Waals surface area contributed by atoms with Crippen LogP contribution >= 0.6 is 0 Å². The first-order valence-electron chi connectivity index (χ1n) is 7.15. The standard InChI is InChI=1S/C16H16N4O3/c1-4-23-16(21)14-15-19-13(5-10(2)20(15)9-18-14)11-6-12(22-3)8-17-7-11/h5-9H,4H2,1-3H3. The number of methoxy groups -OCH3 is 1. The molecule has 3 rings (SSSR count). The van der Waals surface area contributed by atoms with Crippen LogP contribution in [0.15, 0.2) is 30.9 Å². The number of aromatic nitrogens is 4. The van der Waals surface area contributed by atoms with Crippen LogP contribution in [0.3, 0.4) is 0 Å². The van der Waals surface area contributed by atoms with Crippen molar-refractivity contribution in [3.63, 3.8) is 0 Å². The molecule has 23 heavy (non-hydrogen) atoms. The number of pyridine rings is 1. The van der Waals surface area contributed by atoms with Crippen LogP contribution < -0.4 is 4.74 Å². The van der Waals surface area contributed by atoms with Crippen molar-refractivity contribution in [2.24, 2.45) is 0 Å². The highest BCUT2D eigenvalue weighted by atomic mass is 16.5. The molecule has 0 atom stereocenters. The zero-order chi connectivity index (χ0) is 16.4. The Morgan fingerprint density at radius 1 is 1.30 bits per heavy atom. The van der Waals surface area contributed by atoms with Crippen LogP contribution in [0.1, 0.15) is 23.1 Å². The highest BCUT2D eigenvalue weighted by Crippen LogP contribution is 2.23. The highest BCUT2D eigenvalue weighted by molar-refractivity contribution is 5.94. The van der Waals surface area contributed by atoms with E-state index < -0.39 is 5.97 Å². The molecule has 0 aliphatic carbocycles. The van der Waals surface area contributed by atoms with Crippen LogP contribution in [-0.4, -0.2) is 39.0 Å². The van der Waals surface area contributed by atoms with E-state index in [1.54, 1.807) is 37.2 Å². The molecule has 3 aromatic heterocycles. The molecule has 0 spiro atoms. The summed E-state index contributed by atoms with van der Waals surface area (Å²) >= 11 is 0. The number of rotatable bonds is 4. The van der Waals surface area contributed by atoms with Gasteiger partial charge in [0.15, 0.2) is 11.3 Å². The number of ether oxygens (including phenoxy) is 2. The van der Waals surface area contributed by atoms with Gasteiger partial charge in [-0.1, -0.05) is 0 Å². The molecule has 7 nitrogen and oxygen atoms in total. The van der Waals surface area contributed by atoms with Crippen molar-refractivity contribution >= 4 is 11.6 Å². The van der Waals surface area contributed by atoms with Gasteiger partial charge in [0.05, 0.1) is 25.6 Å². The molecule has 0 amide bonds. The average Bonchev–Trinajstić information content (AvgIpc) is 2.99. The minimum absolute atomic E-state index is 0.202. The van der Waals surface area contributed by atoms with Gasteiger partial charge in [0.2, 0.25) is 0 Å². The van der Waals surface area contributed by atoms with Gasteiger partial charge in [0.25, 0.3) is 0 Å². The van der Waals surface area contributed by atoms with Gasteiger partial charge in [-0.15, -0.1) is 0 Å². The first-order valence-corrected chi connectivity index (χ1v) is 7.15.